The van der Waals surface area contributed by atoms with E-state index in [1.165, 1.54) is 5.56 Å². The summed E-state index contributed by atoms with van der Waals surface area (Å²) in [4.78, 5) is 6.95. The number of thiazole rings is 1. The predicted molar refractivity (Wildman–Crippen MR) is 87.4 cm³/mol. The number of aryl methyl sites for hydroxylation is 1. The smallest absolute Gasteiger partial charge is 0.182 e. The molecule has 1 atom stereocenters. The summed E-state index contributed by atoms with van der Waals surface area (Å²) in [6.45, 7) is 9.45. The van der Waals surface area contributed by atoms with Gasteiger partial charge in [-0.1, -0.05) is 44.2 Å². The molecular weight excluding hydrogens is 266 g/mol. The summed E-state index contributed by atoms with van der Waals surface area (Å²) in [7, 11) is 0. The molecule has 1 heterocycles. The summed E-state index contributed by atoms with van der Waals surface area (Å²) in [5.74, 6) is 0. The fourth-order valence-electron chi connectivity index (χ4n) is 2.42. The van der Waals surface area contributed by atoms with Crippen LogP contribution in [-0.2, 0) is 0 Å². The average molecular weight is 289 g/mol. The van der Waals surface area contributed by atoms with Crippen LogP contribution in [0.4, 0.5) is 5.13 Å². The lowest BCUT2D eigenvalue weighted by molar-refractivity contribution is 0.228. The van der Waals surface area contributed by atoms with Gasteiger partial charge in [0.2, 0.25) is 0 Å². The first-order chi connectivity index (χ1) is 9.74. The average Bonchev–Trinajstić information content (AvgIpc) is 2.90. The molecule has 4 heteroatoms. The van der Waals surface area contributed by atoms with Crippen molar-refractivity contribution in [2.75, 3.05) is 25.0 Å². The third-order valence-corrected chi connectivity index (χ3v) is 4.42. The maximum atomic E-state index is 4.48. The largest absolute Gasteiger partial charge is 0.360 e. The van der Waals surface area contributed by atoms with Gasteiger partial charge in [-0.2, -0.15) is 0 Å². The summed E-state index contributed by atoms with van der Waals surface area (Å²) in [6.07, 6.45) is 0. The quantitative estimate of drug-likeness (QED) is 0.836. The molecule has 0 aliphatic carbocycles. The molecule has 3 nitrogen and oxygen atoms in total. The zero-order valence-corrected chi connectivity index (χ0v) is 13.3. The lowest BCUT2D eigenvalue weighted by atomic mass is 10.1. The lowest BCUT2D eigenvalue weighted by Crippen LogP contribution is -2.33. The molecule has 0 saturated carbocycles. The molecule has 0 amide bonds. The molecule has 0 saturated heterocycles. The van der Waals surface area contributed by atoms with Crippen LogP contribution in [-0.4, -0.2) is 29.5 Å². The third-order valence-electron chi connectivity index (χ3n) is 3.50. The normalized spacial score (nSPS) is 12.6. The van der Waals surface area contributed by atoms with E-state index >= 15 is 0 Å². The molecule has 20 heavy (non-hydrogen) atoms. The van der Waals surface area contributed by atoms with Crippen molar-refractivity contribution in [3.05, 3.63) is 47.0 Å². The van der Waals surface area contributed by atoms with Crippen LogP contribution < -0.4 is 5.32 Å². The number of aromatic nitrogens is 1. The Hall–Kier alpha value is -1.39. The van der Waals surface area contributed by atoms with Gasteiger partial charge in [0.25, 0.3) is 0 Å². The van der Waals surface area contributed by atoms with Crippen LogP contribution in [0.3, 0.4) is 0 Å². The zero-order chi connectivity index (χ0) is 14.4. The Morgan fingerprint density at radius 1 is 1.20 bits per heavy atom. The van der Waals surface area contributed by atoms with Crippen molar-refractivity contribution < 1.29 is 0 Å². The second-order valence-electron chi connectivity index (χ2n) is 4.82. The van der Waals surface area contributed by atoms with Crippen LogP contribution in [0.5, 0.6) is 0 Å². The molecule has 0 aliphatic heterocycles. The fraction of sp³-hybridized carbons (Fsp3) is 0.438. The van der Waals surface area contributed by atoms with E-state index in [4.69, 9.17) is 0 Å². The second-order valence-corrected chi connectivity index (χ2v) is 5.68. The highest BCUT2D eigenvalue weighted by molar-refractivity contribution is 7.13. The zero-order valence-electron chi connectivity index (χ0n) is 12.5. The molecule has 1 N–H and O–H groups in total. The minimum Gasteiger partial charge on any atom is -0.360 e. The van der Waals surface area contributed by atoms with Crippen LogP contribution in [0.2, 0.25) is 0 Å². The number of hydrogen-bond donors (Lipinski definition) is 1. The number of anilines is 1. The van der Waals surface area contributed by atoms with E-state index in [1.807, 2.05) is 6.92 Å². The SMILES string of the molecule is CCN(CC)C(CNc1nc(C)cs1)c1ccccc1. The van der Waals surface area contributed by atoms with Crippen molar-refractivity contribution in [1.82, 2.24) is 9.88 Å². The van der Waals surface area contributed by atoms with Crippen molar-refractivity contribution in [2.24, 2.45) is 0 Å². The summed E-state index contributed by atoms with van der Waals surface area (Å²) < 4.78 is 0. The second kappa shape index (κ2) is 7.41. The van der Waals surface area contributed by atoms with E-state index in [2.05, 4.69) is 64.8 Å². The van der Waals surface area contributed by atoms with E-state index in [0.717, 1.165) is 30.5 Å². The van der Waals surface area contributed by atoms with Crippen LogP contribution in [0, 0.1) is 6.92 Å². The van der Waals surface area contributed by atoms with Crippen molar-refractivity contribution in [2.45, 2.75) is 26.8 Å². The molecule has 0 fully saturated rings. The number of hydrogen-bond acceptors (Lipinski definition) is 4. The highest BCUT2D eigenvalue weighted by Crippen LogP contribution is 2.22. The number of nitrogens with one attached hydrogen (secondary N) is 1. The first-order valence-electron chi connectivity index (χ1n) is 7.19. The summed E-state index contributed by atoms with van der Waals surface area (Å²) >= 11 is 1.67. The van der Waals surface area contributed by atoms with Gasteiger partial charge in [0.15, 0.2) is 5.13 Å². The number of rotatable bonds is 7. The Morgan fingerprint density at radius 2 is 1.90 bits per heavy atom. The van der Waals surface area contributed by atoms with E-state index < -0.39 is 0 Å². The monoisotopic (exact) mass is 289 g/mol. The van der Waals surface area contributed by atoms with E-state index in [1.54, 1.807) is 11.3 Å². The molecule has 1 unspecified atom stereocenters. The Labute approximate surface area is 125 Å². The number of nitrogens with zero attached hydrogens (tertiary/aromatic N) is 2. The molecule has 0 aliphatic rings. The molecule has 1 aromatic carbocycles. The Kier molecular flexibility index (Phi) is 5.56. The standard InChI is InChI=1S/C16H23N3S/c1-4-19(5-2)15(14-9-7-6-8-10-14)11-17-16-18-13(3)12-20-16/h6-10,12,15H,4-5,11H2,1-3H3,(H,17,18). The molecular formula is C16H23N3S. The number of benzene rings is 1. The van der Waals surface area contributed by atoms with Gasteiger partial charge >= 0.3 is 0 Å². The Morgan fingerprint density at radius 3 is 2.45 bits per heavy atom. The minimum atomic E-state index is 0.385. The van der Waals surface area contributed by atoms with E-state index in [9.17, 15) is 0 Å². The Balaban J connectivity index is 2.10. The first kappa shape index (κ1) is 15.0. The summed E-state index contributed by atoms with van der Waals surface area (Å²) in [5, 5.41) is 6.57. The van der Waals surface area contributed by atoms with Crippen LogP contribution in [0.15, 0.2) is 35.7 Å². The van der Waals surface area contributed by atoms with Crippen molar-refractivity contribution >= 4 is 16.5 Å². The van der Waals surface area contributed by atoms with Gasteiger partial charge in [-0.05, 0) is 25.6 Å². The molecule has 0 radical (unpaired) electrons. The highest BCUT2D eigenvalue weighted by atomic mass is 32.1. The molecule has 0 bridgehead atoms. The topological polar surface area (TPSA) is 28.2 Å². The first-order valence-corrected chi connectivity index (χ1v) is 8.07. The van der Waals surface area contributed by atoms with Crippen molar-refractivity contribution in [3.8, 4) is 0 Å². The number of likely N-dealkylation sites (N-methyl/N-ethyl adjacent to an activating group) is 1. The van der Waals surface area contributed by atoms with Crippen LogP contribution >= 0.6 is 11.3 Å². The van der Waals surface area contributed by atoms with E-state index in [-0.39, 0.29) is 0 Å². The van der Waals surface area contributed by atoms with Gasteiger partial charge in [0.05, 0.1) is 11.7 Å². The van der Waals surface area contributed by atoms with Crippen LogP contribution in [0.25, 0.3) is 0 Å². The van der Waals surface area contributed by atoms with E-state index in [0.29, 0.717) is 6.04 Å². The summed E-state index contributed by atoms with van der Waals surface area (Å²) in [6, 6.07) is 11.1. The van der Waals surface area contributed by atoms with Crippen LogP contribution in [0.1, 0.15) is 31.1 Å². The maximum absolute atomic E-state index is 4.48. The van der Waals surface area contributed by atoms with Gasteiger partial charge < -0.3 is 5.32 Å². The summed E-state index contributed by atoms with van der Waals surface area (Å²) in [5.41, 5.74) is 2.44. The Bertz CT molecular complexity index is 505. The molecule has 108 valence electrons. The van der Waals surface area contributed by atoms with Gasteiger partial charge in [0.1, 0.15) is 0 Å². The molecule has 2 rings (SSSR count). The highest BCUT2D eigenvalue weighted by Gasteiger charge is 2.17. The van der Waals surface area contributed by atoms with Gasteiger partial charge in [-0.15, -0.1) is 11.3 Å². The molecule has 1 aromatic heterocycles. The fourth-order valence-corrected chi connectivity index (χ4v) is 3.11. The lowest BCUT2D eigenvalue weighted by Gasteiger charge is -2.30. The predicted octanol–water partition coefficient (Wildman–Crippen LogP) is 3.95. The van der Waals surface area contributed by atoms with Gasteiger partial charge in [0, 0.05) is 11.9 Å². The minimum absolute atomic E-state index is 0.385. The van der Waals surface area contributed by atoms with Gasteiger partial charge in [-0.3, -0.25) is 4.90 Å². The third kappa shape index (κ3) is 3.81. The van der Waals surface area contributed by atoms with Crippen molar-refractivity contribution in [1.29, 1.82) is 0 Å². The van der Waals surface area contributed by atoms with Crippen molar-refractivity contribution in [3.63, 3.8) is 0 Å². The molecule has 0 spiro atoms. The van der Waals surface area contributed by atoms with Gasteiger partial charge in [-0.25, -0.2) is 4.98 Å². The molecule has 2 aromatic rings. The maximum Gasteiger partial charge on any atom is 0.182 e.